The van der Waals surface area contributed by atoms with E-state index >= 15 is 0 Å². The smallest absolute Gasteiger partial charge is 0.277 e. The Kier molecular flexibility index (Phi) is 6.59. The van der Waals surface area contributed by atoms with Gasteiger partial charge in [0.15, 0.2) is 0 Å². The number of aromatic nitrogens is 2. The van der Waals surface area contributed by atoms with Gasteiger partial charge in [-0.1, -0.05) is 53.2 Å². The third-order valence-electron chi connectivity index (χ3n) is 3.95. The Balaban J connectivity index is 1.64. The third kappa shape index (κ3) is 4.84. The van der Waals surface area contributed by atoms with E-state index in [-0.39, 0.29) is 28.6 Å². The van der Waals surface area contributed by atoms with Gasteiger partial charge in [0.25, 0.3) is 11.1 Å². The Morgan fingerprint density at radius 3 is 2.64 bits per heavy atom. The second-order valence-electron chi connectivity index (χ2n) is 6.01. The second kappa shape index (κ2) is 8.94. The molecule has 9 heteroatoms. The molecular weight excluding hydrogens is 424 g/mol. The second-order valence-corrected chi connectivity index (χ2v) is 8.14. The number of nitrogens with zero attached hydrogens (tertiary/aromatic N) is 2. The molecule has 0 unspecified atom stereocenters. The van der Waals surface area contributed by atoms with Gasteiger partial charge >= 0.3 is 0 Å². The number of carbonyl (C=O) groups excluding carboxylic acids is 1. The summed E-state index contributed by atoms with van der Waals surface area (Å²) in [7, 11) is 0. The molecule has 146 valence electrons. The fourth-order valence-corrected chi connectivity index (χ4v) is 3.73. The topological polar surface area (TPSA) is 68.0 Å². The molecule has 1 heterocycles. The first-order chi connectivity index (χ1) is 13.3. The van der Waals surface area contributed by atoms with Crippen molar-refractivity contribution in [2.75, 3.05) is 0 Å². The summed E-state index contributed by atoms with van der Waals surface area (Å²) in [6.45, 7) is 3.54. The number of rotatable bonds is 6. The molecule has 0 spiro atoms. The first-order valence-electron chi connectivity index (χ1n) is 8.35. The number of hydrogen-bond donors (Lipinski definition) is 1. The predicted octanol–water partition coefficient (Wildman–Crippen LogP) is 5.54. The van der Waals surface area contributed by atoms with Crippen LogP contribution >= 0.6 is 35.0 Å². The first kappa shape index (κ1) is 20.6. The molecule has 3 aromatic rings. The van der Waals surface area contributed by atoms with Crippen molar-refractivity contribution in [2.45, 2.75) is 30.4 Å². The third-order valence-corrected chi connectivity index (χ3v) is 5.44. The molecule has 0 saturated heterocycles. The summed E-state index contributed by atoms with van der Waals surface area (Å²) in [5, 5.41) is 11.3. The molecular formula is C19H16Cl2FN3O2S. The molecule has 1 N–H and O–H groups in total. The minimum Gasteiger partial charge on any atom is -0.411 e. The summed E-state index contributed by atoms with van der Waals surface area (Å²) in [4.78, 5) is 12.5. The van der Waals surface area contributed by atoms with Crippen molar-refractivity contribution >= 4 is 40.9 Å². The molecule has 0 aliphatic carbocycles. The van der Waals surface area contributed by atoms with E-state index in [0.717, 1.165) is 17.3 Å². The maximum absolute atomic E-state index is 13.8. The molecule has 28 heavy (non-hydrogen) atoms. The minimum absolute atomic E-state index is 0.0644. The largest absolute Gasteiger partial charge is 0.411 e. The van der Waals surface area contributed by atoms with E-state index in [1.165, 1.54) is 6.07 Å². The van der Waals surface area contributed by atoms with Gasteiger partial charge in [0, 0.05) is 10.0 Å². The van der Waals surface area contributed by atoms with Crippen LogP contribution in [0.3, 0.4) is 0 Å². The fourth-order valence-electron chi connectivity index (χ4n) is 2.47. The van der Waals surface area contributed by atoms with E-state index in [4.69, 9.17) is 27.6 Å². The quantitative estimate of drug-likeness (QED) is 0.510. The van der Waals surface area contributed by atoms with Crippen molar-refractivity contribution in [1.29, 1.82) is 0 Å². The normalized spacial score (nSPS) is 13.2. The molecule has 0 fully saturated rings. The number of nitrogens with one attached hydrogen (secondary N) is 1. The van der Waals surface area contributed by atoms with Crippen LogP contribution in [0, 0.1) is 5.82 Å². The molecule has 1 aromatic heterocycles. The zero-order valence-electron chi connectivity index (χ0n) is 14.9. The van der Waals surface area contributed by atoms with Crippen molar-refractivity contribution in [3.8, 4) is 11.5 Å². The molecule has 2 atom stereocenters. The van der Waals surface area contributed by atoms with E-state index in [1.54, 1.807) is 43.3 Å². The zero-order chi connectivity index (χ0) is 20.3. The van der Waals surface area contributed by atoms with Crippen LogP contribution in [0.15, 0.2) is 52.1 Å². The van der Waals surface area contributed by atoms with Crippen LogP contribution in [0.25, 0.3) is 11.5 Å². The van der Waals surface area contributed by atoms with Gasteiger partial charge in [-0.15, -0.1) is 10.2 Å². The number of amides is 1. The lowest BCUT2D eigenvalue weighted by Gasteiger charge is -2.18. The average molecular weight is 440 g/mol. The van der Waals surface area contributed by atoms with Crippen LogP contribution < -0.4 is 5.32 Å². The van der Waals surface area contributed by atoms with Crippen molar-refractivity contribution < 1.29 is 13.6 Å². The standard InChI is InChI=1S/C19H16Cl2FN3O2S/c1-10(13-8-7-12(20)9-15(13)21)23-17(26)11(2)28-19-25-24-18(27-19)14-5-3-4-6-16(14)22/h3-11H,1-2H3,(H,23,26)/t10-,11+/m0/s1. The van der Waals surface area contributed by atoms with Crippen LogP contribution in [0.5, 0.6) is 0 Å². The fraction of sp³-hybridized carbons (Fsp3) is 0.211. The maximum Gasteiger partial charge on any atom is 0.277 e. The highest BCUT2D eigenvalue weighted by Gasteiger charge is 2.22. The average Bonchev–Trinajstić information content (AvgIpc) is 3.10. The van der Waals surface area contributed by atoms with E-state index in [2.05, 4.69) is 15.5 Å². The Hall–Kier alpha value is -2.09. The van der Waals surface area contributed by atoms with E-state index in [9.17, 15) is 9.18 Å². The Labute approximate surface area is 175 Å². The monoisotopic (exact) mass is 439 g/mol. The van der Waals surface area contributed by atoms with Crippen molar-refractivity contribution in [2.24, 2.45) is 0 Å². The van der Waals surface area contributed by atoms with E-state index in [1.807, 2.05) is 6.92 Å². The molecule has 1 amide bonds. The van der Waals surface area contributed by atoms with Gasteiger partial charge in [0.05, 0.1) is 16.9 Å². The first-order valence-corrected chi connectivity index (χ1v) is 9.99. The van der Waals surface area contributed by atoms with Crippen LogP contribution in [0.4, 0.5) is 4.39 Å². The highest BCUT2D eigenvalue weighted by molar-refractivity contribution is 8.00. The highest BCUT2D eigenvalue weighted by Crippen LogP contribution is 2.29. The summed E-state index contributed by atoms with van der Waals surface area (Å²) in [5.74, 6) is -0.620. The van der Waals surface area contributed by atoms with Gasteiger partial charge in [-0.2, -0.15) is 0 Å². The summed E-state index contributed by atoms with van der Waals surface area (Å²) in [6.07, 6.45) is 0. The van der Waals surface area contributed by atoms with E-state index in [0.29, 0.717) is 10.0 Å². The number of hydrogen-bond acceptors (Lipinski definition) is 5. The number of thioether (sulfide) groups is 1. The SMILES string of the molecule is C[C@H](NC(=O)[C@@H](C)Sc1nnc(-c2ccccc2F)o1)c1ccc(Cl)cc1Cl. The van der Waals surface area contributed by atoms with Crippen LogP contribution in [0.2, 0.25) is 10.0 Å². The van der Waals surface area contributed by atoms with Crippen LogP contribution in [-0.4, -0.2) is 21.4 Å². The summed E-state index contributed by atoms with van der Waals surface area (Å²) in [6, 6.07) is 10.9. The lowest BCUT2D eigenvalue weighted by atomic mass is 10.1. The summed E-state index contributed by atoms with van der Waals surface area (Å²) >= 11 is 13.2. The Morgan fingerprint density at radius 1 is 1.18 bits per heavy atom. The van der Waals surface area contributed by atoms with Crippen molar-refractivity contribution in [3.05, 3.63) is 63.9 Å². The number of benzene rings is 2. The molecule has 0 aliphatic heterocycles. The number of carbonyl (C=O) groups is 1. The Bertz CT molecular complexity index is 999. The lowest BCUT2D eigenvalue weighted by Crippen LogP contribution is -2.33. The summed E-state index contributed by atoms with van der Waals surface area (Å²) < 4.78 is 19.3. The van der Waals surface area contributed by atoms with Crippen LogP contribution in [-0.2, 0) is 4.79 Å². The van der Waals surface area contributed by atoms with Crippen LogP contribution in [0.1, 0.15) is 25.5 Å². The molecule has 0 bridgehead atoms. The molecule has 3 rings (SSSR count). The minimum atomic E-state index is -0.512. The number of halogens is 3. The van der Waals surface area contributed by atoms with Gasteiger partial charge in [-0.25, -0.2) is 4.39 Å². The van der Waals surface area contributed by atoms with Crippen molar-refractivity contribution in [3.63, 3.8) is 0 Å². The Morgan fingerprint density at radius 2 is 1.93 bits per heavy atom. The summed E-state index contributed by atoms with van der Waals surface area (Å²) in [5.41, 5.74) is 0.973. The maximum atomic E-state index is 13.8. The molecule has 0 saturated carbocycles. The van der Waals surface area contributed by atoms with Gasteiger partial charge < -0.3 is 9.73 Å². The zero-order valence-corrected chi connectivity index (χ0v) is 17.3. The van der Waals surface area contributed by atoms with Gasteiger partial charge in [0.2, 0.25) is 5.91 Å². The van der Waals surface area contributed by atoms with Crippen molar-refractivity contribution in [1.82, 2.24) is 15.5 Å². The predicted molar refractivity (Wildman–Crippen MR) is 108 cm³/mol. The van der Waals surface area contributed by atoms with Gasteiger partial charge in [-0.3, -0.25) is 4.79 Å². The highest BCUT2D eigenvalue weighted by atomic mass is 35.5. The van der Waals surface area contributed by atoms with E-state index < -0.39 is 11.1 Å². The molecule has 0 radical (unpaired) electrons. The lowest BCUT2D eigenvalue weighted by molar-refractivity contribution is -0.120. The molecule has 5 nitrogen and oxygen atoms in total. The molecule has 2 aromatic carbocycles. The molecule has 0 aliphatic rings. The van der Waals surface area contributed by atoms with Gasteiger partial charge in [-0.05, 0) is 43.7 Å². The van der Waals surface area contributed by atoms with Gasteiger partial charge in [0.1, 0.15) is 5.82 Å².